The normalized spacial score (nSPS) is 11.5. The first-order valence-corrected chi connectivity index (χ1v) is 15.2. The van der Waals surface area contributed by atoms with Crippen molar-refractivity contribution in [3.8, 4) is 40.2 Å². The fourth-order valence-electron chi connectivity index (χ4n) is 6.69. The maximum absolute atomic E-state index is 9.63. The Morgan fingerprint density at radius 1 is 0.435 bits per heavy atom. The molecule has 0 N–H and O–H groups in total. The number of hydrogen-bond donors (Lipinski definition) is 0. The van der Waals surface area contributed by atoms with E-state index in [1.807, 2.05) is 48.5 Å². The van der Waals surface area contributed by atoms with Gasteiger partial charge < -0.3 is 4.57 Å². The van der Waals surface area contributed by atoms with Gasteiger partial charge in [-0.25, -0.2) is 9.97 Å². The van der Waals surface area contributed by atoms with Gasteiger partial charge in [0.25, 0.3) is 0 Å². The molecule has 0 saturated carbocycles. The molecule has 214 valence electrons. The Kier molecular flexibility index (Phi) is 5.81. The Bertz CT molecular complexity index is 2640. The first kappa shape index (κ1) is 25.9. The van der Waals surface area contributed by atoms with Gasteiger partial charge in [0.2, 0.25) is 5.95 Å². The summed E-state index contributed by atoms with van der Waals surface area (Å²) in [5.41, 5.74) is 9.53. The van der Waals surface area contributed by atoms with Crippen molar-refractivity contribution in [1.29, 1.82) is 5.26 Å². The summed E-state index contributed by atoms with van der Waals surface area (Å²) in [4.78, 5) is 10.4. The fourth-order valence-corrected chi connectivity index (χ4v) is 6.69. The van der Waals surface area contributed by atoms with E-state index in [4.69, 9.17) is 9.97 Å². The Hall–Kier alpha value is -6.51. The van der Waals surface area contributed by atoms with Crippen molar-refractivity contribution in [1.82, 2.24) is 19.1 Å². The predicted molar refractivity (Wildman–Crippen MR) is 186 cm³/mol. The summed E-state index contributed by atoms with van der Waals surface area (Å²) in [6.45, 7) is 0. The highest BCUT2D eigenvalue weighted by atomic mass is 15.2. The van der Waals surface area contributed by atoms with Crippen molar-refractivity contribution in [2.45, 2.75) is 0 Å². The van der Waals surface area contributed by atoms with Crippen LogP contribution >= 0.6 is 0 Å². The van der Waals surface area contributed by atoms with Gasteiger partial charge in [0.05, 0.1) is 45.1 Å². The van der Waals surface area contributed by atoms with Gasteiger partial charge >= 0.3 is 0 Å². The van der Waals surface area contributed by atoms with E-state index in [9.17, 15) is 5.26 Å². The zero-order chi connectivity index (χ0) is 30.6. The highest BCUT2D eigenvalue weighted by Gasteiger charge is 2.20. The molecule has 0 aliphatic carbocycles. The smallest absolute Gasteiger partial charge is 0.235 e. The third-order valence-electron chi connectivity index (χ3n) is 8.75. The summed E-state index contributed by atoms with van der Waals surface area (Å²) in [6, 6.07) is 54.2. The van der Waals surface area contributed by atoms with E-state index in [-0.39, 0.29) is 0 Å². The quantitative estimate of drug-likeness (QED) is 0.206. The van der Waals surface area contributed by atoms with E-state index >= 15 is 0 Å². The molecule has 0 atom stereocenters. The molecule has 0 bridgehead atoms. The third kappa shape index (κ3) is 4.02. The van der Waals surface area contributed by atoms with Crippen LogP contribution in [0, 0.1) is 11.3 Å². The number of nitrogens with zero attached hydrogens (tertiary/aromatic N) is 5. The zero-order valence-corrected chi connectivity index (χ0v) is 24.7. The average molecular weight is 588 g/mol. The molecule has 3 heterocycles. The number of rotatable bonds is 4. The van der Waals surface area contributed by atoms with E-state index in [1.165, 1.54) is 5.39 Å². The highest BCUT2D eigenvalue weighted by Crippen LogP contribution is 2.39. The van der Waals surface area contributed by atoms with E-state index in [0.29, 0.717) is 11.5 Å². The Labute approximate surface area is 264 Å². The molecular formula is C41H25N5. The molecule has 0 aliphatic rings. The lowest BCUT2D eigenvalue weighted by Crippen LogP contribution is -2.04. The molecule has 0 unspecified atom stereocenters. The second-order valence-corrected chi connectivity index (χ2v) is 11.4. The van der Waals surface area contributed by atoms with Crippen LogP contribution in [0.5, 0.6) is 0 Å². The van der Waals surface area contributed by atoms with Gasteiger partial charge in [0, 0.05) is 38.4 Å². The van der Waals surface area contributed by atoms with E-state index in [2.05, 4.69) is 118 Å². The Morgan fingerprint density at radius 2 is 0.978 bits per heavy atom. The topological polar surface area (TPSA) is 59.4 Å². The van der Waals surface area contributed by atoms with Gasteiger partial charge in [-0.15, -0.1) is 0 Å². The van der Waals surface area contributed by atoms with Crippen molar-refractivity contribution in [3.63, 3.8) is 0 Å². The summed E-state index contributed by atoms with van der Waals surface area (Å²) >= 11 is 0. The first-order valence-electron chi connectivity index (χ1n) is 15.2. The van der Waals surface area contributed by atoms with Gasteiger partial charge in [-0.3, -0.25) is 4.57 Å². The van der Waals surface area contributed by atoms with Crippen molar-refractivity contribution in [2.75, 3.05) is 0 Å². The number of para-hydroxylation sites is 3. The standard InChI is InChI=1S/C41H25N5/c42-26-27-12-11-15-29(22-27)36-25-35(28-13-3-1-4-14-28)43-41(44-36)46-38-21-10-8-19-32(38)34-23-39-33(24-40(34)46)31-18-7-9-20-37(31)45(39)30-16-5-2-6-17-30/h1-25H. The number of aromatic nitrogens is 4. The van der Waals surface area contributed by atoms with Crippen LogP contribution in [-0.2, 0) is 0 Å². The lowest BCUT2D eigenvalue weighted by molar-refractivity contribution is 0.996. The van der Waals surface area contributed by atoms with Crippen molar-refractivity contribution in [2.24, 2.45) is 0 Å². The molecule has 9 aromatic rings. The van der Waals surface area contributed by atoms with Crippen molar-refractivity contribution >= 4 is 43.6 Å². The number of fused-ring (bicyclic) bond motifs is 6. The molecule has 0 radical (unpaired) electrons. The van der Waals surface area contributed by atoms with E-state index in [1.54, 1.807) is 0 Å². The Balaban J connectivity index is 1.39. The lowest BCUT2D eigenvalue weighted by Gasteiger charge is -2.12. The van der Waals surface area contributed by atoms with Gasteiger partial charge in [0.1, 0.15) is 0 Å². The second-order valence-electron chi connectivity index (χ2n) is 11.4. The third-order valence-corrected chi connectivity index (χ3v) is 8.75. The Morgan fingerprint density at radius 3 is 1.65 bits per heavy atom. The maximum atomic E-state index is 9.63. The minimum absolute atomic E-state index is 0.580. The largest absolute Gasteiger partial charge is 0.309 e. The van der Waals surface area contributed by atoms with Crippen LogP contribution in [0.4, 0.5) is 0 Å². The van der Waals surface area contributed by atoms with Crippen LogP contribution in [0.1, 0.15) is 5.56 Å². The minimum Gasteiger partial charge on any atom is -0.309 e. The molecule has 5 heteroatoms. The van der Waals surface area contributed by atoms with Crippen LogP contribution in [0.25, 0.3) is 77.8 Å². The lowest BCUT2D eigenvalue weighted by atomic mass is 10.1. The van der Waals surface area contributed by atoms with Gasteiger partial charge in [-0.2, -0.15) is 5.26 Å². The van der Waals surface area contributed by atoms with Gasteiger partial charge in [-0.1, -0.05) is 97.1 Å². The highest BCUT2D eigenvalue weighted by molar-refractivity contribution is 6.18. The van der Waals surface area contributed by atoms with Gasteiger partial charge in [0.15, 0.2) is 0 Å². The summed E-state index contributed by atoms with van der Waals surface area (Å²) in [6.07, 6.45) is 0. The number of benzene rings is 6. The van der Waals surface area contributed by atoms with Crippen molar-refractivity contribution in [3.05, 3.63) is 157 Å². The fraction of sp³-hybridized carbons (Fsp3) is 0. The number of hydrogen-bond acceptors (Lipinski definition) is 3. The molecule has 0 aliphatic heterocycles. The SMILES string of the molecule is N#Cc1cccc(-c2cc(-c3ccccc3)nc(-n3c4ccccc4c4cc5c(cc43)c3ccccc3n5-c3ccccc3)n2)c1. The molecule has 0 fully saturated rings. The van der Waals surface area contributed by atoms with E-state index < -0.39 is 0 Å². The first-order chi connectivity index (χ1) is 22.8. The van der Waals surface area contributed by atoms with Crippen LogP contribution in [0.2, 0.25) is 0 Å². The molecule has 3 aromatic heterocycles. The van der Waals surface area contributed by atoms with Gasteiger partial charge in [-0.05, 0) is 54.6 Å². The zero-order valence-electron chi connectivity index (χ0n) is 24.7. The summed E-state index contributed by atoms with van der Waals surface area (Å²) in [5, 5.41) is 14.2. The molecule has 46 heavy (non-hydrogen) atoms. The van der Waals surface area contributed by atoms with Crippen LogP contribution in [0.3, 0.4) is 0 Å². The minimum atomic E-state index is 0.580. The van der Waals surface area contributed by atoms with Crippen LogP contribution in [0.15, 0.2) is 152 Å². The number of nitriles is 1. The summed E-state index contributed by atoms with van der Waals surface area (Å²) < 4.78 is 4.53. The molecule has 0 amide bonds. The molecular weight excluding hydrogens is 562 g/mol. The predicted octanol–water partition coefficient (Wildman–Crippen LogP) is 9.88. The van der Waals surface area contributed by atoms with E-state index in [0.717, 1.165) is 66.4 Å². The average Bonchev–Trinajstić information content (AvgIpc) is 3.63. The molecule has 6 aromatic carbocycles. The summed E-state index contributed by atoms with van der Waals surface area (Å²) in [5.74, 6) is 0.580. The maximum Gasteiger partial charge on any atom is 0.235 e. The summed E-state index contributed by atoms with van der Waals surface area (Å²) in [7, 11) is 0. The molecule has 0 saturated heterocycles. The monoisotopic (exact) mass is 587 g/mol. The molecule has 5 nitrogen and oxygen atoms in total. The van der Waals surface area contributed by atoms with Crippen LogP contribution < -0.4 is 0 Å². The molecule has 9 rings (SSSR count). The van der Waals surface area contributed by atoms with Crippen molar-refractivity contribution < 1.29 is 0 Å². The second kappa shape index (κ2) is 10.3. The van der Waals surface area contributed by atoms with Crippen LogP contribution in [-0.4, -0.2) is 19.1 Å². The molecule has 0 spiro atoms.